The number of methoxy groups -OCH3 is 1. The zero-order chi connectivity index (χ0) is 10.4. The lowest BCUT2D eigenvalue weighted by Gasteiger charge is -2.07. The largest absolute Gasteiger partial charge is 0.496 e. The first kappa shape index (κ1) is 10.5. The van der Waals surface area contributed by atoms with Crippen LogP contribution in [0.2, 0.25) is 0 Å². The summed E-state index contributed by atoms with van der Waals surface area (Å²) in [6, 6.07) is 4.72. The second kappa shape index (κ2) is 5.21. The molecular formula is C10H11FO3. The number of rotatable bonds is 5. The van der Waals surface area contributed by atoms with Crippen LogP contribution >= 0.6 is 0 Å². The SMILES string of the molecule is COc1cc(OCCF)ccc1C=O. The van der Waals surface area contributed by atoms with Gasteiger partial charge >= 0.3 is 0 Å². The van der Waals surface area contributed by atoms with E-state index in [4.69, 9.17) is 9.47 Å². The smallest absolute Gasteiger partial charge is 0.153 e. The quantitative estimate of drug-likeness (QED) is 0.677. The van der Waals surface area contributed by atoms with Crippen LogP contribution in [-0.4, -0.2) is 26.7 Å². The highest BCUT2D eigenvalue weighted by Crippen LogP contribution is 2.23. The molecule has 3 nitrogen and oxygen atoms in total. The molecule has 0 N–H and O–H groups in total. The Bertz CT molecular complexity index is 312. The van der Waals surface area contributed by atoms with E-state index in [1.165, 1.54) is 7.11 Å². The minimum absolute atomic E-state index is 0.00356. The van der Waals surface area contributed by atoms with Crippen molar-refractivity contribution in [2.75, 3.05) is 20.4 Å². The van der Waals surface area contributed by atoms with Crippen LogP contribution in [0, 0.1) is 0 Å². The summed E-state index contributed by atoms with van der Waals surface area (Å²) in [5.74, 6) is 0.918. The summed E-state index contributed by atoms with van der Waals surface area (Å²) >= 11 is 0. The van der Waals surface area contributed by atoms with Crippen molar-refractivity contribution < 1.29 is 18.7 Å². The van der Waals surface area contributed by atoms with Crippen LogP contribution in [0.1, 0.15) is 10.4 Å². The van der Waals surface area contributed by atoms with E-state index in [0.29, 0.717) is 23.3 Å². The van der Waals surface area contributed by atoms with E-state index in [2.05, 4.69) is 0 Å². The summed E-state index contributed by atoms with van der Waals surface area (Å²) in [4.78, 5) is 10.5. The number of alkyl halides is 1. The average molecular weight is 198 g/mol. The number of carbonyl (C=O) groups is 1. The van der Waals surface area contributed by atoms with Gasteiger partial charge in [-0.1, -0.05) is 0 Å². The fourth-order valence-electron chi connectivity index (χ4n) is 1.04. The Hall–Kier alpha value is -1.58. The van der Waals surface area contributed by atoms with Crippen LogP contribution < -0.4 is 9.47 Å². The number of benzene rings is 1. The lowest BCUT2D eigenvalue weighted by Crippen LogP contribution is -1.99. The highest BCUT2D eigenvalue weighted by molar-refractivity contribution is 5.79. The topological polar surface area (TPSA) is 35.5 Å². The van der Waals surface area contributed by atoms with Crippen LogP contribution in [0.4, 0.5) is 4.39 Å². The molecule has 14 heavy (non-hydrogen) atoms. The molecule has 4 heteroatoms. The van der Waals surface area contributed by atoms with Gasteiger partial charge in [-0.2, -0.15) is 0 Å². The third-order valence-electron chi connectivity index (χ3n) is 1.68. The van der Waals surface area contributed by atoms with E-state index in [0.717, 1.165) is 0 Å². The zero-order valence-electron chi connectivity index (χ0n) is 7.83. The first-order valence-corrected chi connectivity index (χ1v) is 4.13. The Balaban J connectivity index is 2.84. The van der Waals surface area contributed by atoms with Crippen molar-refractivity contribution in [2.24, 2.45) is 0 Å². The molecule has 1 aromatic carbocycles. The number of hydrogen-bond acceptors (Lipinski definition) is 3. The molecule has 0 aliphatic carbocycles. The van der Waals surface area contributed by atoms with Gasteiger partial charge in [-0.25, -0.2) is 4.39 Å². The lowest BCUT2D eigenvalue weighted by atomic mass is 10.2. The van der Waals surface area contributed by atoms with Gasteiger partial charge in [-0.05, 0) is 12.1 Å². The first-order valence-electron chi connectivity index (χ1n) is 4.13. The summed E-state index contributed by atoms with van der Waals surface area (Å²) in [5, 5.41) is 0. The monoisotopic (exact) mass is 198 g/mol. The van der Waals surface area contributed by atoms with Gasteiger partial charge in [-0.15, -0.1) is 0 Å². The Morgan fingerprint density at radius 3 is 2.86 bits per heavy atom. The molecular weight excluding hydrogens is 187 g/mol. The number of ether oxygens (including phenoxy) is 2. The fraction of sp³-hybridized carbons (Fsp3) is 0.300. The highest BCUT2D eigenvalue weighted by Gasteiger charge is 2.03. The van der Waals surface area contributed by atoms with Crippen LogP contribution in [0.3, 0.4) is 0 Å². The summed E-state index contributed by atoms with van der Waals surface area (Å²) < 4.78 is 21.8. The van der Waals surface area contributed by atoms with Gasteiger partial charge in [0, 0.05) is 6.07 Å². The summed E-state index contributed by atoms with van der Waals surface area (Å²) in [6.07, 6.45) is 0.692. The van der Waals surface area contributed by atoms with Crippen LogP contribution in [0.25, 0.3) is 0 Å². The van der Waals surface area contributed by atoms with Gasteiger partial charge < -0.3 is 9.47 Å². The maximum atomic E-state index is 11.8. The minimum Gasteiger partial charge on any atom is -0.496 e. The molecule has 1 rings (SSSR count). The number of halogens is 1. The molecule has 0 aliphatic rings. The summed E-state index contributed by atoms with van der Waals surface area (Å²) in [7, 11) is 1.46. The molecule has 0 spiro atoms. The van der Waals surface area contributed by atoms with Crippen molar-refractivity contribution in [3.63, 3.8) is 0 Å². The van der Waals surface area contributed by atoms with Crippen LogP contribution in [0.15, 0.2) is 18.2 Å². The maximum absolute atomic E-state index is 11.8. The molecule has 0 unspecified atom stereocenters. The molecule has 0 fully saturated rings. The van der Waals surface area contributed by atoms with Gasteiger partial charge in [0.15, 0.2) is 6.29 Å². The standard InChI is InChI=1S/C10H11FO3/c1-13-10-6-9(14-5-4-11)3-2-8(10)7-12/h2-3,6-7H,4-5H2,1H3. The predicted octanol–water partition coefficient (Wildman–Crippen LogP) is 1.86. The average Bonchev–Trinajstić information content (AvgIpc) is 2.25. The minimum atomic E-state index is -0.544. The van der Waals surface area contributed by atoms with Gasteiger partial charge in [0.2, 0.25) is 0 Å². The second-order valence-corrected chi connectivity index (χ2v) is 2.56. The molecule has 0 heterocycles. The van der Waals surface area contributed by atoms with E-state index in [1.807, 2.05) is 0 Å². The third-order valence-corrected chi connectivity index (χ3v) is 1.68. The van der Waals surface area contributed by atoms with Crippen LogP contribution in [-0.2, 0) is 0 Å². The van der Waals surface area contributed by atoms with Crippen molar-refractivity contribution in [3.05, 3.63) is 23.8 Å². The van der Waals surface area contributed by atoms with Gasteiger partial charge in [0.25, 0.3) is 0 Å². The summed E-state index contributed by atoms with van der Waals surface area (Å²) in [5.41, 5.74) is 0.445. The molecule has 0 aromatic heterocycles. The zero-order valence-corrected chi connectivity index (χ0v) is 7.83. The molecule has 0 aliphatic heterocycles. The predicted molar refractivity (Wildman–Crippen MR) is 49.9 cm³/mol. The van der Waals surface area contributed by atoms with Gasteiger partial charge in [0.05, 0.1) is 12.7 Å². The third kappa shape index (κ3) is 2.45. The highest BCUT2D eigenvalue weighted by atomic mass is 19.1. The van der Waals surface area contributed by atoms with E-state index in [1.54, 1.807) is 18.2 Å². The number of aldehydes is 1. The van der Waals surface area contributed by atoms with Crippen molar-refractivity contribution in [1.29, 1.82) is 0 Å². The van der Waals surface area contributed by atoms with E-state index in [9.17, 15) is 9.18 Å². The van der Waals surface area contributed by atoms with E-state index in [-0.39, 0.29) is 6.61 Å². The molecule has 1 aromatic rings. The Labute approximate surface area is 81.4 Å². The molecule has 0 bridgehead atoms. The molecule has 0 atom stereocenters. The van der Waals surface area contributed by atoms with Crippen molar-refractivity contribution in [1.82, 2.24) is 0 Å². The van der Waals surface area contributed by atoms with Gasteiger partial charge in [0.1, 0.15) is 24.8 Å². The number of carbonyl (C=O) groups excluding carboxylic acids is 1. The molecule has 0 saturated heterocycles. The maximum Gasteiger partial charge on any atom is 0.153 e. The number of hydrogen-bond donors (Lipinski definition) is 0. The Kier molecular flexibility index (Phi) is 3.91. The van der Waals surface area contributed by atoms with Crippen molar-refractivity contribution in [3.8, 4) is 11.5 Å². The molecule has 0 radical (unpaired) electrons. The summed E-state index contributed by atoms with van der Waals surface area (Å²) in [6.45, 7) is -0.540. The normalized spacial score (nSPS) is 9.57. The van der Waals surface area contributed by atoms with Crippen molar-refractivity contribution >= 4 is 6.29 Å². The molecule has 0 amide bonds. The molecule has 76 valence electrons. The second-order valence-electron chi connectivity index (χ2n) is 2.56. The fourth-order valence-corrected chi connectivity index (χ4v) is 1.04. The van der Waals surface area contributed by atoms with Crippen molar-refractivity contribution in [2.45, 2.75) is 0 Å². The Morgan fingerprint density at radius 1 is 1.50 bits per heavy atom. The lowest BCUT2D eigenvalue weighted by molar-refractivity contribution is 0.112. The molecule has 0 saturated carbocycles. The van der Waals surface area contributed by atoms with E-state index >= 15 is 0 Å². The van der Waals surface area contributed by atoms with Crippen LogP contribution in [0.5, 0.6) is 11.5 Å². The first-order chi connectivity index (χ1) is 6.81. The Morgan fingerprint density at radius 2 is 2.29 bits per heavy atom. The van der Waals surface area contributed by atoms with E-state index < -0.39 is 6.67 Å². The van der Waals surface area contributed by atoms with Gasteiger partial charge in [-0.3, -0.25) is 4.79 Å².